The molecule has 0 saturated heterocycles. The zero-order chi connectivity index (χ0) is 16.5. The number of thiazole rings is 1. The van der Waals surface area contributed by atoms with Crippen LogP contribution in [0.1, 0.15) is 36.0 Å². The Morgan fingerprint density at radius 1 is 1.29 bits per heavy atom. The van der Waals surface area contributed by atoms with E-state index in [4.69, 9.17) is 0 Å². The largest absolute Gasteiger partial charge is 0.393 e. The third kappa shape index (κ3) is 2.95. The molecule has 2 aromatic heterocycles. The Labute approximate surface area is 143 Å². The van der Waals surface area contributed by atoms with Gasteiger partial charge in [-0.1, -0.05) is 0 Å². The normalized spacial score (nSPS) is 21.0. The lowest BCUT2D eigenvalue weighted by atomic mass is 9.93. The number of H-pyrrole nitrogens is 1. The SMILES string of the molecule is O=C(NC1CCC(O)CC1)c1cc(-c2cncs2)cc2[nH]ccc12. The van der Waals surface area contributed by atoms with Crippen molar-refractivity contribution in [3.05, 3.63) is 41.7 Å². The Morgan fingerprint density at radius 2 is 2.12 bits per heavy atom. The number of carbonyl (C=O) groups is 1. The molecule has 1 aromatic carbocycles. The van der Waals surface area contributed by atoms with E-state index < -0.39 is 0 Å². The number of nitrogens with one attached hydrogen (secondary N) is 2. The van der Waals surface area contributed by atoms with E-state index in [0.717, 1.165) is 47.0 Å². The maximum Gasteiger partial charge on any atom is 0.252 e. The molecule has 6 heteroatoms. The van der Waals surface area contributed by atoms with Crippen LogP contribution in [0.15, 0.2) is 36.1 Å². The molecule has 0 spiro atoms. The van der Waals surface area contributed by atoms with Gasteiger partial charge in [-0.2, -0.15) is 0 Å². The van der Waals surface area contributed by atoms with Gasteiger partial charge in [0.05, 0.1) is 16.5 Å². The molecule has 2 heterocycles. The number of nitrogens with zero attached hydrogens (tertiary/aromatic N) is 1. The predicted molar refractivity (Wildman–Crippen MR) is 95.1 cm³/mol. The van der Waals surface area contributed by atoms with Gasteiger partial charge in [0, 0.05) is 34.9 Å². The molecule has 24 heavy (non-hydrogen) atoms. The fraction of sp³-hybridized carbons (Fsp3) is 0.333. The highest BCUT2D eigenvalue weighted by molar-refractivity contribution is 7.13. The topological polar surface area (TPSA) is 78.0 Å². The lowest BCUT2D eigenvalue weighted by molar-refractivity contribution is 0.0869. The fourth-order valence-electron chi connectivity index (χ4n) is 3.34. The number of aromatic amines is 1. The van der Waals surface area contributed by atoms with E-state index in [1.165, 1.54) is 0 Å². The van der Waals surface area contributed by atoms with Crippen molar-refractivity contribution in [2.75, 3.05) is 0 Å². The zero-order valence-corrected chi connectivity index (χ0v) is 14.0. The number of carbonyl (C=O) groups excluding carboxylic acids is 1. The summed E-state index contributed by atoms with van der Waals surface area (Å²) in [6, 6.07) is 6.07. The van der Waals surface area contributed by atoms with Crippen LogP contribution in [0.3, 0.4) is 0 Å². The molecule has 0 radical (unpaired) electrons. The second kappa shape index (κ2) is 6.37. The number of fused-ring (bicyclic) bond motifs is 1. The molecule has 0 unspecified atom stereocenters. The molecule has 1 amide bonds. The van der Waals surface area contributed by atoms with Gasteiger partial charge in [-0.05, 0) is 49.4 Å². The minimum atomic E-state index is -0.218. The highest BCUT2D eigenvalue weighted by atomic mass is 32.1. The van der Waals surface area contributed by atoms with Crippen molar-refractivity contribution in [1.29, 1.82) is 0 Å². The summed E-state index contributed by atoms with van der Waals surface area (Å²) in [5.74, 6) is -0.0487. The third-order valence-electron chi connectivity index (χ3n) is 4.66. The predicted octanol–water partition coefficient (Wildman–Crippen LogP) is 3.32. The van der Waals surface area contributed by atoms with E-state index in [1.807, 2.05) is 24.5 Å². The molecule has 1 fully saturated rings. The second-order valence-corrected chi connectivity index (χ2v) is 7.19. The van der Waals surface area contributed by atoms with E-state index in [2.05, 4.69) is 21.4 Å². The summed E-state index contributed by atoms with van der Waals surface area (Å²) in [7, 11) is 0. The van der Waals surface area contributed by atoms with Gasteiger partial charge in [0.2, 0.25) is 0 Å². The molecular weight excluding hydrogens is 322 g/mol. The monoisotopic (exact) mass is 341 g/mol. The number of aliphatic hydroxyl groups is 1. The highest BCUT2D eigenvalue weighted by Crippen LogP contribution is 2.30. The van der Waals surface area contributed by atoms with Crippen LogP contribution in [0.2, 0.25) is 0 Å². The Morgan fingerprint density at radius 3 is 2.88 bits per heavy atom. The molecule has 4 rings (SSSR count). The first-order chi connectivity index (χ1) is 11.7. The van der Waals surface area contributed by atoms with Crippen molar-refractivity contribution in [1.82, 2.24) is 15.3 Å². The van der Waals surface area contributed by atoms with Crippen LogP contribution in [0.4, 0.5) is 0 Å². The lowest BCUT2D eigenvalue weighted by Gasteiger charge is -2.26. The van der Waals surface area contributed by atoms with Gasteiger partial charge in [0.15, 0.2) is 0 Å². The number of hydrogen-bond acceptors (Lipinski definition) is 4. The first-order valence-electron chi connectivity index (χ1n) is 8.19. The van der Waals surface area contributed by atoms with Crippen molar-refractivity contribution in [2.45, 2.75) is 37.8 Å². The quantitative estimate of drug-likeness (QED) is 0.684. The summed E-state index contributed by atoms with van der Waals surface area (Å²) < 4.78 is 0. The van der Waals surface area contributed by atoms with Gasteiger partial charge in [-0.25, -0.2) is 0 Å². The van der Waals surface area contributed by atoms with Crippen molar-refractivity contribution in [3.8, 4) is 10.4 Å². The van der Waals surface area contributed by atoms with Crippen LogP contribution in [0.25, 0.3) is 21.3 Å². The molecule has 5 nitrogen and oxygen atoms in total. The molecule has 1 aliphatic rings. The third-order valence-corrected chi connectivity index (χ3v) is 5.48. The number of amides is 1. The van der Waals surface area contributed by atoms with E-state index in [9.17, 15) is 9.90 Å². The number of hydrogen-bond donors (Lipinski definition) is 3. The van der Waals surface area contributed by atoms with E-state index >= 15 is 0 Å². The molecule has 1 aliphatic carbocycles. The molecular formula is C18H19N3O2S. The minimum absolute atomic E-state index is 0.0487. The van der Waals surface area contributed by atoms with Crippen LogP contribution in [-0.4, -0.2) is 33.1 Å². The number of aliphatic hydroxyl groups excluding tert-OH is 1. The number of rotatable bonds is 3. The van der Waals surface area contributed by atoms with Gasteiger partial charge < -0.3 is 15.4 Å². The van der Waals surface area contributed by atoms with Gasteiger partial charge in [-0.15, -0.1) is 11.3 Å². The first kappa shape index (κ1) is 15.4. The average Bonchev–Trinajstić information content (AvgIpc) is 3.27. The minimum Gasteiger partial charge on any atom is -0.393 e. The average molecular weight is 341 g/mol. The van der Waals surface area contributed by atoms with Gasteiger partial charge in [0.1, 0.15) is 0 Å². The highest BCUT2D eigenvalue weighted by Gasteiger charge is 2.22. The van der Waals surface area contributed by atoms with Crippen molar-refractivity contribution < 1.29 is 9.90 Å². The van der Waals surface area contributed by atoms with E-state index in [0.29, 0.717) is 5.56 Å². The summed E-state index contributed by atoms with van der Waals surface area (Å²) in [5.41, 5.74) is 4.42. The van der Waals surface area contributed by atoms with Crippen molar-refractivity contribution in [3.63, 3.8) is 0 Å². The number of aromatic nitrogens is 2. The van der Waals surface area contributed by atoms with Gasteiger partial charge in [-0.3, -0.25) is 9.78 Å². The zero-order valence-electron chi connectivity index (χ0n) is 13.2. The fourth-order valence-corrected chi connectivity index (χ4v) is 3.95. The van der Waals surface area contributed by atoms with Crippen LogP contribution in [-0.2, 0) is 0 Å². The van der Waals surface area contributed by atoms with Crippen LogP contribution < -0.4 is 5.32 Å². The molecule has 3 N–H and O–H groups in total. The maximum atomic E-state index is 12.8. The summed E-state index contributed by atoms with van der Waals surface area (Å²) in [4.78, 5) is 21.2. The molecule has 0 aliphatic heterocycles. The summed E-state index contributed by atoms with van der Waals surface area (Å²) in [6.45, 7) is 0. The molecule has 1 saturated carbocycles. The summed E-state index contributed by atoms with van der Waals surface area (Å²) >= 11 is 1.56. The van der Waals surface area contributed by atoms with Crippen molar-refractivity contribution >= 4 is 28.1 Å². The molecule has 0 atom stereocenters. The Balaban J connectivity index is 1.65. The first-order valence-corrected chi connectivity index (χ1v) is 9.07. The second-order valence-electron chi connectivity index (χ2n) is 6.31. The Hall–Kier alpha value is -2.18. The standard InChI is InChI=1S/C18H19N3O2S/c22-13-3-1-12(2-4-13)21-18(23)15-7-11(17-9-19-10-24-17)8-16-14(15)5-6-20-16/h5-10,12-13,20,22H,1-4H2,(H,21,23). The molecule has 3 aromatic rings. The molecule has 124 valence electrons. The summed E-state index contributed by atoms with van der Waals surface area (Å²) in [6.07, 6.45) is 6.63. The maximum absolute atomic E-state index is 12.8. The Bertz CT molecular complexity index is 848. The smallest absolute Gasteiger partial charge is 0.252 e. The van der Waals surface area contributed by atoms with Crippen LogP contribution >= 0.6 is 11.3 Å². The number of benzene rings is 1. The van der Waals surface area contributed by atoms with Crippen LogP contribution in [0, 0.1) is 0 Å². The van der Waals surface area contributed by atoms with Gasteiger partial charge >= 0.3 is 0 Å². The van der Waals surface area contributed by atoms with Gasteiger partial charge in [0.25, 0.3) is 5.91 Å². The Kier molecular flexibility index (Phi) is 4.08. The van der Waals surface area contributed by atoms with E-state index in [-0.39, 0.29) is 18.1 Å². The summed E-state index contributed by atoms with van der Waals surface area (Å²) in [5, 5.41) is 13.7. The lowest BCUT2D eigenvalue weighted by Crippen LogP contribution is -2.38. The molecule has 0 bridgehead atoms. The van der Waals surface area contributed by atoms with E-state index in [1.54, 1.807) is 16.8 Å². The van der Waals surface area contributed by atoms with Crippen molar-refractivity contribution in [2.24, 2.45) is 0 Å². The van der Waals surface area contributed by atoms with Crippen LogP contribution in [0.5, 0.6) is 0 Å².